The van der Waals surface area contributed by atoms with Crippen molar-refractivity contribution in [3.8, 4) is 0 Å². The first-order valence-electron chi connectivity index (χ1n) is 6.12. The zero-order valence-electron chi connectivity index (χ0n) is 10.7. The second-order valence-electron chi connectivity index (χ2n) is 4.26. The first-order valence-corrected chi connectivity index (χ1v) is 6.50. The highest BCUT2D eigenvalue weighted by Gasteiger charge is 2.10. The van der Waals surface area contributed by atoms with Gasteiger partial charge in [0.05, 0.1) is 0 Å². The average molecular weight is 286 g/mol. The summed E-state index contributed by atoms with van der Waals surface area (Å²) >= 11 is 5.90. The molecule has 2 aromatic carbocycles. The quantitative estimate of drug-likeness (QED) is 0.326. The fourth-order valence-electron chi connectivity index (χ4n) is 1.93. The molecule has 2 rings (SSSR count). The van der Waals surface area contributed by atoms with Gasteiger partial charge in [-0.25, -0.2) is 0 Å². The number of nitrogens with zero attached hydrogens (tertiary/aromatic N) is 3. The third-order valence-electron chi connectivity index (χ3n) is 2.89. The molecule has 4 nitrogen and oxygen atoms in total. The van der Waals surface area contributed by atoms with E-state index in [2.05, 4.69) is 10.0 Å². The highest BCUT2D eigenvalue weighted by Crippen LogP contribution is 2.21. The van der Waals surface area contributed by atoms with Gasteiger partial charge >= 0.3 is 0 Å². The van der Waals surface area contributed by atoms with Gasteiger partial charge in [-0.2, -0.15) is 0 Å². The Morgan fingerprint density at radius 2 is 2.00 bits per heavy atom. The van der Waals surface area contributed by atoms with Crippen molar-refractivity contribution < 1.29 is 4.79 Å². The number of hydrogen-bond donors (Lipinski definition) is 0. The molecule has 0 saturated heterocycles. The van der Waals surface area contributed by atoms with Crippen molar-refractivity contribution in [1.29, 1.82) is 0 Å². The Labute approximate surface area is 121 Å². The maximum absolute atomic E-state index is 12.2. The van der Waals surface area contributed by atoms with E-state index in [4.69, 9.17) is 17.1 Å². The second-order valence-corrected chi connectivity index (χ2v) is 4.70. The Bertz CT molecular complexity index is 678. The summed E-state index contributed by atoms with van der Waals surface area (Å²) in [4.78, 5) is 14.9. The van der Waals surface area contributed by atoms with Gasteiger partial charge in [-0.15, -0.1) is 0 Å². The molecule has 0 spiro atoms. The highest BCUT2D eigenvalue weighted by atomic mass is 35.5. The summed E-state index contributed by atoms with van der Waals surface area (Å²) in [5.41, 5.74) is 10.3. The number of ketones is 1. The summed E-state index contributed by atoms with van der Waals surface area (Å²) in [7, 11) is 0. The molecule has 0 amide bonds. The minimum absolute atomic E-state index is 0.0482. The molecule has 100 valence electrons. The van der Waals surface area contributed by atoms with E-state index < -0.39 is 0 Å². The second kappa shape index (κ2) is 6.75. The van der Waals surface area contributed by atoms with Crippen molar-refractivity contribution in [2.75, 3.05) is 0 Å². The topological polar surface area (TPSA) is 65.8 Å². The van der Waals surface area contributed by atoms with Gasteiger partial charge < -0.3 is 0 Å². The van der Waals surface area contributed by atoms with Crippen LogP contribution in [0.1, 0.15) is 22.3 Å². The molecule has 0 aliphatic carbocycles. The molecule has 0 unspecified atom stereocenters. The lowest BCUT2D eigenvalue weighted by molar-refractivity contribution is 0.0983. The number of carbonyl (C=O) groups is 1. The summed E-state index contributed by atoms with van der Waals surface area (Å²) in [5, 5.41) is 4.19. The molecule has 0 fully saturated rings. The van der Waals surface area contributed by atoms with Crippen molar-refractivity contribution in [2.45, 2.75) is 12.8 Å². The number of halogens is 1. The van der Waals surface area contributed by atoms with E-state index >= 15 is 0 Å². The van der Waals surface area contributed by atoms with Gasteiger partial charge in [0.2, 0.25) is 0 Å². The van der Waals surface area contributed by atoms with Crippen molar-refractivity contribution in [2.24, 2.45) is 5.11 Å². The number of Topliss-reactive ketones (excluding diaryl/α,β-unsaturated/α-hetero) is 1. The fraction of sp³-hybridized carbons (Fsp3) is 0.133. The molecule has 0 aliphatic heterocycles. The van der Waals surface area contributed by atoms with Crippen LogP contribution in [0.5, 0.6) is 0 Å². The van der Waals surface area contributed by atoms with E-state index in [0.29, 0.717) is 29.1 Å². The molecule has 0 atom stereocenters. The zero-order chi connectivity index (χ0) is 14.4. The van der Waals surface area contributed by atoms with Crippen molar-refractivity contribution in [3.05, 3.63) is 75.1 Å². The maximum atomic E-state index is 12.2. The van der Waals surface area contributed by atoms with Crippen LogP contribution in [0.15, 0.2) is 53.6 Å². The normalized spacial score (nSPS) is 9.85. The summed E-state index contributed by atoms with van der Waals surface area (Å²) in [6.45, 7) is 0. The van der Waals surface area contributed by atoms with E-state index in [0.717, 1.165) is 5.56 Å². The van der Waals surface area contributed by atoms with Crippen LogP contribution < -0.4 is 0 Å². The molecular formula is C15H12ClN3O. The Balaban J connectivity index is 2.11. The Kier molecular flexibility index (Phi) is 4.77. The number of carbonyl (C=O) groups excluding carboxylic acids is 1. The molecule has 5 heteroatoms. The summed E-state index contributed by atoms with van der Waals surface area (Å²) in [5.74, 6) is -0.0482. The van der Waals surface area contributed by atoms with Gasteiger partial charge in [-0.1, -0.05) is 53.1 Å². The van der Waals surface area contributed by atoms with Crippen LogP contribution in [0.3, 0.4) is 0 Å². The molecule has 0 N–H and O–H groups in total. The Hall–Kier alpha value is -2.29. The van der Waals surface area contributed by atoms with Gasteiger partial charge in [0.1, 0.15) is 0 Å². The van der Waals surface area contributed by atoms with Gasteiger partial charge in [0.25, 0.3) is 0 Å². The van der Waals surface area contributed by atoms with Crippen LogP contribution in [0.25, 0.3) is 10.4 Å². The van der Waals surface area contributed by atoms with Crippen molar-refractivity contribution in [1.82, 2.24) is 0 Å². The molecule has 0 saturated carbocycles. The minimum Gasteiger partial charge on any atom is -0.294 e. The number of benzene rings is 2. The standard InChI is InChI=1S/C15H12ClN3O/c16-12-5-3-4-11(10-12)8-9-15(20)13-6-1-2-7-14(13)18-19-17/h1-7,10H,8-9H2. The summed E-state index contributed by atoms with van der Waals surface area (Å²) < 4.78 is 0. The monoisotopic (exact) mass is 285 g/mol. The molecule has 0 aromatic heterocycles. The molecule has 0 heterocycles. The third-order valence-corrected chi connectivity index (χ3v) is 3.12. The van der Waals surface area contributed by atoms with E-state index in [1.54, 1.807) is 30.3 Å². The van der Waals surface area contributed by atoms with Crippen LogP contribution in [-0.4, -0.2) is 5.78 Å². The van der Waals surface area contributed by atoms with E-state index in [1.807, 2.05) is 18.2 Å². The predicted molar refractivity (Wildman–Crippen MR) is 79.4 cm³/mol. The van der Waals surface area contributed by atoms with Gasteiger partial charge in [-0.05, 0) is 29.6 Å². The predicted octanol–water partition coefficient (Wildman–Crippen LogP) is 5.10. The zero-order valence-corrected chi connectivity index (χ0v) is 11.4. The van der Waals surface area contributed by atoms with Crippen molar-refractivity contribution in [3.63, 3.8) is 0 Å². The molecule has 0 aliphatic rings. The number of aryl methyl sites for hydroxylation is 1. The Morgan fingerprint density at radius 3 is 2.75 bits per heavy atom. The SMILES string of the molecule is [N-]=[N+]=Nc1ccccc1C(=O)CCc1cccc(Cl)c1. The third kappa shape index (κ3) is 3.60. The van der Waals surface area contributed by atoms with Crippen molar-refractivity contribution >= 4 is 23.1 Å². The average Bonchev–Trinajstić information content (AvgIpc) is 2.46. The first kappa shape index (κ1) is 14.1. The highest BCUT2D eigenvalue weighted by molar-refractivity contribution is 6.30. The summed E-state index contributed by atoms with van der Waals surface area (Å²) in [6.07, 6.45) is 0.947. The van der Waals surface area contributed by atoms with Gasteiger partial charge in [-0.3, -0.25) is 4.79 Å². The van der Waals surface area contributed by atoms with Crippen LogP contribution in [-0.2, 0) is 6.42 Å². The maximum Gasteiger partial charge on any atom is 0.163 e. The molecule has 0 radical (unpaired) electrons. The molecule has 20 heavy (non-hydrogen) atoms. The van der Waals surface area contributed by atoms with Gasteiger partial charge in [0, 0.05) is 27.6 Å². The van der Waals surface area contributed by atoms with E-state index in [-0.39, 0.29) is 5.78 Å². The largest absolute Gasteiger partial charge is 0.294 e. The lowest BCUT2D eigenvalue weighted by Crippen LogP contribution is -2.01. The number of azide groups is 1. The smallest absolute Gasteiger partial charge is 0.163 e. The minimum atomic E-state index is -0.0482. The first-order chi connectivity index (χ1) is 9.70. The molecule has 0 bridgehead atoms. The van der Waals surface area contributed by atoms with Crippen LogP contribution in [0, 0.1) is 0 Å². The van der Waals surface area contributed by atoms with Crippen LogP contribution in [0.4, 0.5) is 5.69 Å². The summed E-state index contributed by atoms with van der Waals surface area (Å²) in [6, 6.07) is 14.2. The van der Waals surface area contributed by atoms with Crippen LogP contribution in [0.2, 0.25) is 5.02 Å². The van der Waals surface area contributed by atoms with Gasteiger partial charge in [0.15, 0.2) is 5.78 Å². The molecular weight excluding hydrogens is 274 g/mol. The lowest BCUT2D eigenvalue weighted by atomic mass is 10.0. The number of rotatable bonds is 5. The van der Waals surface area contributed by atoms with E-state index in [1.165, 1.54) is 0 Å². The fourth-order valence-corrected chi connectivity index (χ4v) is 2.14. The molecule has 2 aromatic rings. The Morgan fingerprint density at radius 1 is 1.20 bits per heavy atom. The number of hydrogen-bond acceptors (Lipinski definition) is 2. The van der Waals surface area contributed by atoms with E-state index in [9.17, 15) is 4.79 Å². The lowest BCUT2D eigenvalue weighted by Gasteiger charge is -2.05. The van der Waals surface area contributed by atoms with Crippen LogP contribution >= 0.6 is 11.6 Å².